The zero-order chi connectivity index (χ0) is 81.5. The van der Waals surface area contributed by atoms with E-state index in [2.05, 4.69) is 48.5 Å². The summed E-state index contributed by atoms with van der Waals surface area (Å²) in [6, 6.07) is 0. The minimum absolute atomic E-state index is 0.108. The molecule has 0 aromatic heterocycles. The quantitative estimate of drug-likeness (QED) is 0.0222. The molecule has 0 amide bonds. The van der Waals surface area contributed by atoms with Gasteiger partial charge in [-0.3, -0.25) is 37.3 Å². The van der Waals surface area contributed by atoms with Gasteiger partial charge in [0.1, 0.15) is 19.3 Å². The standard InChI is InChI=1S/C92H180O17P2/c1-8-11-12-13-14-42-52-59-66-73-89(94)102-79-87(108-91(96)76-69-62-55-48-41-35-29-23-24-30-36-43-49-56-63-70-83(4)5)81-106-110(98,99)104-77-86(93)78-105-111(100,101)107-82-88(109-92(97)75-68-61-54-47-40-34-28-22-18-16-20-26-32-38-45-51-58-65-72-85(7)10-3)80-103-90(95)74-67-60-53-46-39-33-27-21-17-15-19-25-31-37-44-50-57-64-71-84(6)9-2/h83-88,93H,8-82H2,1-7H3,(H,98,99)(H,100,101)/t84?,85?,86-,87+,88+/m0/s1. The van der Waals surface area contributed by atoms with Gasteiger partial charge in [0.05, 0.1) is 26.4 Å². The van der Waals surface area contributed by atoms with Crippen molar-refractivity contribution in [3.63, 3.8) is 0 Å². The third-order valence-corrected chi connectivity index (χ3v) is 24.3. The molecule has 0 heterocycles. The Morgan fingerprint density at radius 3 is 0.685 bits per heavy atom. The number of ether oxygens (including phenoxy) is 4. The van der Waals surface area contributed by atoms with E-state index in [1.807, 2.05) is 0 Å². The fourth-order valence-electron chi connectivity index (χ4n) is 14.4. The van der Waals surface area contributed by atoms with Crippen molar-refractivity contribution >= 4 is 39.5 Å². The second-order valence-electron chi connectivity index (χ2n) is 34.0. The lowest BCUT2D eigenvalue weighted by atomic mass is 9.99. The summed E-state index contributed by atoms with van der Waals surface area (Å²) in [4.78, 5) is 73.4. The summed E-state index contributed by atoms with van der Waals surface area (Å²) < 4.78 is 69.0. The predicted octanol–water partition coefficient (Wildman–Crippen LogP) is 28.4. The zero-order valence-corrected chi connectivity index (χ0v) is 75.2. The highest BCUT2D eigenvalue weighted by atomic mass is 31.2. The number of rotatable bonds is 90. The molecule has 0 aliphatic heterocycles. The van der Waals surface area contributed by atoms with E-state index in [-0.39, 0.29) is 25.7 Å². The van der Waals surface area contributed by atoms with Crippen LogP contribution in [0.1, 0.15) is 492 Å². The highest BCUT2D eigenvalue weighted by Gasteiger charge is 2.31. The van der Waals surface area contributed by atoms with E-state index in [0.717, 1.165) is 108 Å². The molecule has 0 saturated heterocycles. The molecule has 660 valence electrons. The summed E-state index contributed by atoms with van der Waals surface area (Å²) in [6.07, 6.45) is 75.0. The average Bonchev–Trinajstić information content (AvgIpc) is 0.900. The lowest BCUT2D eigenvalue weighted by Crippen LogP contribution is -2.30. The summed E-state index contributed by atoms with van der Waals surface area (Å²) in [6.45, 7) is 12.2. The van der Waals surface area contributed by atoms with Crippen molar-refractivity contribution in [1.29, 1.82) is 0 Å². The second kappa shape index (κ2) is 81.8. The number of esters is 4. The third kappa shape index (κ3) is 82.9. The van der Waals surface area contributed by atoms with Gasteiger partial charge in [0, 0.05) is 25.7 Å². The fourth-order valence-corrected chi connectivity index (χ4v) is 15.9. The monoisotopic (exact) mass is 1620 g/mol. The van der Waals surface area contributed by atoms with E-state index >= 15 is 0 Å². The number of carbonyl (C=O) groups excluding carboxylic acids is 4. The van der Waals surface area contributed by atoms with Gasteiger partial charge < -0.3 is 33.8 Å². The largest absolute Gasteiger partial charge is 0.472 e. The van der Waals surface area contributed by atoms with E-state index in [1.165, 1.54) is 302 Å². The molecule has 0 fully saturated rings. The molecule has 7 atom stereocenters. The number of phosphoric ester groups is 2. The third-order valence-electron chi connectivity index (χ3n) is 22.4. The normalized spacial score (nSPS) is 14.3. The summed E-state index contributed by atoms with van der Waals surface area (Å²) in [7, 11) is -9.93. The lowest BCUT2D eigenvalue weighted by molar-refractivity contribution is -0.161. The molecule has 0 saturated carbocycles. The Bertz CT molecular complexity index is 2130. The molecule has 3 N–H and O–H groups in total. The molecular weight excluding hydrogens is 1440 g/mol. The highest BCUT2D eigenvalue weighted by molar-refractivity contribution is 7.47. The maximum Gasteiger partial charge on any atom is 0.472 e. The van der Waals surface area contributed by atoms with E-state index in [0.29, 0.717) is 25.7 Å². The smallest absolute Gasteiger partial charge is 0.462 e. The molecular formula is C92H180O17P2. The van der Waals surface area contributed by atoms with Crippen molar-refractivity contribution < 1.29 is 80.2 Å². The molecule has 111 heavy (non-hydrogen) atoms. The molecule has 19 heteroatoms. The molecule has 0 aromatic rings. The summed E-state index contributed by atoms with van der Waals surface area (Å²) in [5, 5.41) is 10.7. The maximum absolute atomic E-state index is 13.2. The van der Waals surface area contributed by atoms with Crippen LogP contribution in [-0.2, 0) is 65.4 Å². The van der Waals surface area contributed by atoms with Crippen LogP contribution in [0.5, 0.6) is 0 Å². The summed E-state index contributed by atoms with van der Waals surface area (Å²) in [5.74, 6) is 0.449. The van der Waals surface area contributed by atoms with Gasteiger partial charge in [-0.05, 0) is 43.4 Å². The lowest BCUT2D eigenvalue weighted by Gasteiger charge is -2.21. The van der Waals surface area contributed by atoms with Crippen molar-refractivity contribution in [3.8, 4) is 0 Å². The first-order chi connectivity index (χ1) is 53.8. The Kier molecular flexibility index (Phi) is 80.4. The van der Waals surface area contributed by atoms with E-state index in [9.17, 15) is 43.2 Å². The predicted molar refractivity (Wildman–Crippen MR) is 460 cm³/mol. The molecule has 0 aromatic carbocycles. The number of hydrogen-bond acceptors (Lipinski definition) is 15. The first-order valence-electron chi connectivity index (χ1n) is 47.4. The first-order valence-corrected chi connectivity index (χ1v) is 50.4. The zero-order valence-electron chi connectivity index (χ0n) is 73.4. The van der Waals surface area contributed by atoms with Gasteiger partial charge in [-0.25, -0.2) is 9.13 Å². The van der Waals surface area contributed by atoms with Crippen LogP contribution in [0, 0.1) is 17.8 Å². The highest BCUT2D eigenvalue weighted by Crippen LogP contribution is 2.45. The van der Waals surface area contributed by atoms with E-state index in [1.54, 1.807) is 0 Å². The fraction of sp³-hybridized carbons (Fsp3) is 0.957. The maximum atomic E-state index is 13.2. The number of carbonyl (C=O) groups is 4. The molecule has 0 bridgehead atoms. The van der Waals surface area contributed by atoms with Crippen LogP contribution >= 0.6 is 15.6 Å². The number of aliphatic hydroxyl groups excluding tert-OH is 1. The van der Waals surface area contributed by atoms with Gasteiger partial charge in [0.25, 0.3) is 0 Å². The number of unbranched alkanes of at least 4 members (excludes halogenated alkanes) is 56. The Morgan fingerprint density at radius 2 is 0.459 bits per heavy atom. The van der Waals surface area contributed by atoms with Crippen LogP contribution in [-0.4, -0.2) is 96.7 Å². The average molecular weight is 1620 g/mol. The molecule has 0 aliphatic carbocycles. The van der Waals surface area contributed by atoms with Crippen LogP contribution in [0.15, 0.2) is 0 Å². The van der Waals surface area contributed by atoms with Crippen molar-refractivity contribution in [1.82, 2.24) is 0 Å². The SMILES string of the molecule is CCCCCCCCCCCC(=O)OC[C@H](COP(=O)(O)OC[C@H](O)COP(=O)(O)OC[C@@H](COC(=O)CCCCCCCCCCCCCCCCCCCCC(C)CC)OC(=O)CCCCCCCCCCCCCCCCCCCCC(C)CC)OC(=O)CCCCCCCCCCCCCCCCCC(C)C. The van der Waals surface area contributed by atoms with Crippen LogP contribution < -0.4 is 0 Å². The van der Waals surface area contributed by atoms with Crippen LogP contribution in [0.2, 0.25) is 0 Å². The molecule has 0 rings (SSSR count). The van der Waals surface area contributed by atoms with Crippen LogP contribution in [0.3, 0.4) is 0 Å². The minimum atomic E-state index is -4.97. The molecule has 0 aliphatic rings. The topological polar surface area (TPSA) is 237 Å². The Hall–Kier alpha value is -1.94. The number of hydrogen-bond donors (Lipinski definition) is 3. The number of aliphatic hydroxyl groups is 1. The van der Waals surface area contributed by atoms with E-state index < -0.39 is 97.5 Å². The van der Waals surface area contributed by atoms with Gasteiger partial charge in [-0.1, -0.05) is 440 Å². The van der Waals surface area contributed by atoms with Crippen molar-refractivity contribution in [2.24, 2.45) is 17.8 Å². The van der Waals surface area contributed by atoms with Gasteiger partial charge in [-0.2, -0.15) is 0 Å². The molecule has 0 spiro atoms. The van der Waals surface area contributed by atoms with Crippen molar-refractivity contribution in [2.45, 2.75) is 510 Å². The first kappa shape index (κ1) is 109. The Labute approximate surface area is 683 Å². The second-order valence-corrected chi connectivity index (χ2v) is 36.9. The van der Waals surface area contributed by atoms with Crippen LogP contribution in [0.4, 0.5) is 0 Å². The molecule has 17 nitrogen and oxygen atoms in total. The van der Waals surface area contributed by atoms with E-state index in [4.69, 9.17) is 37.0 Å². The Morgan fingerprint density at radius 1 is 0.261 bits per heavy atom. The molecule has 4 unspecified atom stereocenters. The summed E-state index contributed by atoms with van der Waals surface area (Å²) >= 11 is 0. The molecule has 0 radical (unpaired) electrons. The van der Waals surface area contributed by atoms with Crippen LogP contribution in [0.25, 0.3) is 0 Å². The minimum Gasteiger partial charge on any atom is -0.462 e. The van der Waals surface area contributed by atoms with Gasteiger partial charge in [0.15, 0.2) is 12.2 Å². The Balaban J connectivity index is 5.20. The van der Waals surface area contributed by atoms with Gasteiger partial charge in [-0.15, -0.1) is 0 Å². The number of phosphoric acid groups is 2. The van der Waals surface area contributed by atoms with Gasteiger partial charge >= 0.3 is 39.5 Å². The van der Waals surface area contributed by atoms with Crippen molar-refractivity contribution in [2.75, 3.05) is 39.6 Å². The summed E-state index contributed by atoms with van der Waals surface area (Å²) in [5.41, 5.74) is 0. The van der Waals surface area contributed by atoms with Gasteiger partial charge in [0.2, 0.25) is 0 Å². The van der Waals surface area contributed by atoms with Crippen molar-refractivity contribution in [3.05, 3.63) is 0 Å².